The topological polar surface area (TPSA) is 149 Å². The van der Waals surface area contributed by atoms with E-state index in [4.69, 9.17) is 17.2 Å². The van der Waals surface area contributed by atoms with Gasteiger partial charge in [0.1, 0.15) is 5.82 Å². The molecule has 0 fully saturated rings. The van der Waals surface area contributed by atoms with Crippen molar-refractivity contribution in [1.82, 2.24) is 20.2 Å². The molecule has 0 aromatic carbocycles. The molecule has 23 heavy (non-hydrogen) atoms. The number of carbonyl (C=O) groups is 1. The van der Waals surface area contributed by atoms with E-state index in [1.165, 1.54) is 0 Å². The summed E-state index contributed by atoms with van der Waals surface area (Å²) in [4.78, 5) is 26.2. The lowest BCUT2D eigenvalue weighted by molar-refractivity contribution is 0.0972. The number of aromatic nitrogens is 2. The molecular formula is C14H26N8O. The number of nitrogen functional groups attached to an aromatic ring is 2. The monoisotopic (exact) mass is 322 g/mol. The van der Waals surface area contributed by atoms with E-state index in [0.717, 1.165) is 25.8 Å². The molecule has 0 saturated heterocycles. The van der Waals surface area contributed by atoms with Crippen LogP contribution in [0.4, 0.5) is 11.6 Å². The summed E-state index contributed by atoms with van der Waals surface area (Å²) in [6.07, 6.45) is 3.07. The molecule has 7 N–H and O–H groups in total. The van der Waals surface area contributed by atoms with E-state index in [1.54, 1.807) is 6.92 Å². The van der Waals surface area contributed by atoms with Gasteiger partial charge in [0.05, 0.1) is 5.69 Å². The van der Waals surface area contributed by atoms with Crippen LogP contribution in [0.15, 0.2) is 4.99 Å². The van der Waals surface area contributed by atoms with Gasteiger partial charge < -0.3 is 22.1 Å². The maximum atomic E-state index is 12.0. The summed E-state index contributed by atoms with van der Waals surface area (Å²) in [7, 11) is 4.08. The average molecular weight is 322 g/mol. The number of nitrogens with two attached hydrogens (primary N) is 3. The second-order valence-corrected chi connectivity index (χ2v) is 5.51. The van der Waals surface area contributed by atoms with Gasteiger partial charge in [0.25, 0.3) is 5.91 Å². The van der Waals surface area contributed by atoms with E-state index in [-0.39, 0.29) is 23.3 Å². The lowest BCUT2D eigenvalue weighted by Crippen LogP contribution is -2.38. The zero-order valence-corrected chi connectivity index (χ0v) is 14.0. The van der Waals surface area contributed by atoms with Crippen LogP contribution < -0.4 is 22.5 Å². The molecule has 0 radical (unpaired) electrons. The minimum atomic E-state index is -0.549. The summed E-state index contributed by atoms with van der Waals surface area (Å²) < 4.78 is 0. The summed E-state index contributed by atoms with van der Waals surface area (Å²) in [6, 6.07) is 0. The zero-order chi connectivity index (χ0) is 17.4. The number of aryl methyl sites for hydroxylation is 1. The third-order valence-electron chi connectivity index (χ3n) is 3.14. The SMILES string of the molecule is Cc1nc(C(=O)NC(N)=NCCCCCN(C)C)c(N)nc1N. The summed E-state index contributed by atoms with van der Waals surface area (Å²) in [5, 5.41) is 2.45. The van der Waals surface area contributed by atoms with Crippen molar-refractivity contribution in [2.45, 2.75) is 26.2 Å². The van der Waals surface area contributed by atoms with Crippen molar-refractivity contribution < 1.29 is 4.79 Å². The van der Waals surface area contributed by atoms with E-state index in [0.29, 0.717) is 12.2 Å². The molecule has 128 valence electrons. The zero-order valence-electron chi connectivity index (χ0n) is 14.0. The van der Waals surface area contributed by atoms with E-state index >= 15 is 0 Å². The number of unbranched alkanes of at least 4 members (excludes halogenated alkanes) is 2. The Bertz CT molecular complexity index is 570. The van der Waals surface area contributed by atoms with Crippen LogP contribution in [0.25, 0.3) is 0 Å². The first-order valence-electron chi connectivity index (χ1n) is 7.47. The Morgan fingerprint density at radius 1 is 1.17 bits per heavy atom. The highest BCUT2D eigenvalue weighted by Crippen LogP contribution is 2.11. The van der Waals surface area contributed by atoms with Gasteiger partial charge in [-0.1, -0.05) is 6.42 Å². The Hall–Kier alpha value is -2.42. The van der Waals surface area contributed by atoms with Gasteiger partial charge in [-0.25, -0.2) is 9.97 Å². The highest BCUT2D eigenvalue weighted by Gasteiger charge is 2.15. The van der Waals surface area contributed by atoms with E-state index in [2.05, 4.69) is 25.2 Å². The fraction of sp³-hybridized carbons (Fsp3) is 0.571. The van der Waals surface area contributed by atoms with E-state index in [9.17, 15) is 4.79 Å². The van der Waals surface area contributed by atoms with Crippen molar-refractivity contribution in [2.24, 2.45) is 10.7 Å². The van der Waals surface area contributed by atoms with Crippen molar-refractivity contribution in [2.75, 3.05) is 38.7 Å². The number of nitrogens with zero attached hydrogens (tertiary/aromatic N) is 4. The van der Waals surface area contributed by atoms with E-state index < -0.39 is 5.91 Å². The Morgan fingerprint density at radius 2 is 1.87 bits per heavy atom. The van der Waals surface area contributed by atoms with Crippen LogP contribution >= 0.6 is 0 Å². The molecule has 1 rings (SSSR count). The summed E-state index contributed by atoms with van der Waals surface area (Å²) >= 11 is 0. The van der Waals surface area contributed by atoms with Gasteiger partial charge in [0.2, 0.25) is 0 Å². The summed E-state index contributed by atoms with van der Waals surface area (Å²) in [5.74, 6) is -0.356. The number of nitrogens with one attached hydrogen (secondary N) is 1. The number of amides is 1. The maximum absolute atomic E-state index is 12.0. The van der Waals surface area contributed by atoms with Crippen LogP contribution in [-0.4, -0.2) is 53.9 Å². The normalized spacial score (nSPS) is 11.7. The molecule has 0 saturated carbocycles. The van der Waals surface area contributed by atoms with Crippen LogP contribution in [0.3, 0.4) is 0 Å². The van der Waals surface area contributed by atoms with Crippen LogP contribution in [0.2, 0.25) is 0 Å². The van der Waals surface area contributed by atoms with Crippen LogP contribution in [0.1, 0.15) is 35.4 Å². The fourth-order valence-electron chi connectivity index (χ4n) is 1.84. The van der Waals surface area contributed by atoms with Gasteiger partial charge in [-0.05, 0) is 40.4 Å². The predicted molar refractivity (Wildman–Crippen MR) is 92.0 cm³/mol. The molecule has 9 nitrogen and oxygen atoms in total. The maximum Gasteiger partial charge on any atom is 0.280 e. The third-order valence-corrected chi connectivity index (χ3v) is 3.14. The second-order valence-electron chi connectivity index (χ2n) is 5.51. The lowest BCUT2D eigenvalue weighted by atomic mass is 10.2. The molecule has 9 heteroatoms. The highest BCUT2D eigenvalue weighted by molar-refractivity contribution is 6.06. The molecule has 0 unspecified atom stereocenters. The van der Waals surface area contributed by atoms with Gasteiger partial charge >= 0.3 is 0 Å². The van der Waals surface area contributed by atoms with Crippen molar-refractivity contribution >= 4 is 23.5 Å². The predicted octanol–water partition coefficient (Wildman–Crippen LogP) is -0.274. The first kappa shape index (κ1) is 18.6. The number of hydrogen-bond donors (Lipinski definition) is 4. The second kappa shape index (κ2) is 8.89. The molecule has 1 amide bonds. The number of carbonyl (C=O) groups excluding carboxylic acids is 1. The molecule has 0 atom stereocenters. The van der Waals surface area contributed by atoms with Crippen molar-refractivity contribution in [3.63, 3.8) is 0 Å². The number of hydrogen-bond acceptors (Lipinski definition) is 7. The van der Waals surface area contributed by atoms with Gasteiger partial charge in [-0.2, -0.15) is 0 Å². The molecule has 1 heterocycles. The average Bonchev–Trinajstić information content (AvgIpc) is 2.46. The highest BCUT2D eigenvalue weighted by atomic mass is 16.2. The minimum Gasteiger partial charge on any atom is -0.382 e. The summed E-state index contributed by atoms with van der Waals surface area (Å²) in [5.41, 5.74) is 17.3. The quantitative estimate of drug-likeness (QED) is 0.306. The third kappa shape index (κ3) is 6.47. The molecule has 1 aromatic rings. The van der Waals surface area contributed by atoms with Crippen LogP contribution in [-0.2, 0) is 0 Å². The van der Waals surface area contributed by atoms with Crippen molar-refractivity contribution in [3.05, 3.63) is 11.4 Å². The van der Waals surface area contributed by atoms with Gasteiger partial charge in [-0.15, -0.1) is 0 Å². The largest absolute Gasteiger partial charge is 0.382 e. The molecule has 1 aromatic heterocycles. The van der Waals surface area contributed by atoms with Crippen LogP contribution in [0, 0.1) is 6.92 Å². The molecule has 0 spiro atoms. The standard InChI is InChI=1S/C14H26N8O/c1-9-11(15)20-12(16)10(19-9)13(23)21-14(17)18-7-5-4-6-8-22(2)3/h4-8H2,1-3H3,(H4,15,16,20)(H3,17,18,21,23). The summed E-state index contributed by atoms with van der Waals surface area (Å²) in [6.45, 7) is 3.25. The number of anilines is 2. The Morgan fingerprint density at radius 3 is 2.52 bits per heavy atom. The van der Waals surface area contributed by atoms with Crippen molar-refractivity contribution in [3.8, 4) is 0 Å². The van der Waals surface area contributed by atoms with Gasteiger partial charge in [-0.3, -0.25) is 15.1 Å². The van der Waals surface area contributed by atoms with Crippen molar-refractivity contribution in [1.29, 1.82) is 0 Å². The molecule has 0 aliphatic carbocycles. The van der Waals surface area contributed by atoms with E-state index in [1.807, 2.05) is 14.1 Å². The molecule has 0 bridgehead atoms. The Kier molecular flexibility index (Phi) is 7.20. The minimum absolute atomic E-state index is 0.0131. The smallest absolute Gasteiger partial charge is 0.280 e. The fourth-order valence-corrected chi connectivity index (χ4v) is 1.84. The Balaban J connectivity index is 2.47. The molecular weight excluding hydrogens is 296 g/mol. The Labute approximate surface area is 136 Å². The number of guanidine groups is 1. The first-order valence-corrected chi connectivity index (χ1v) is 7.47. The molecule has 0 aliphatic rings. The number of rotatable bonds is 7. The number of aliphatic imine (C=N–C) groups is 1. The van der Waals surface area contributed by atoms with Gasteiger partial charge in [0, 0.05) is 6.54 Å². The molecule has 0 aliphatic heterocycles. The first-order chi connectivity index (χ1) is 10.8. The van der Waals surface area contributed by atoms with Gasteiger partial charge in [0.15, 0.2) is 17.5 Å². The van der Waals surface area contributed by atoms with Crippen LogP contribution in [0.5, 0.6) is 0 Å². The lowest BCUT2D eigenvalue weighted by Gasteiger charge is -2.09.